The first-order valence-corrected chi connectivity index (χ1v) is 13.5. The lowest BCUT2D eigenvalue weighted by molar-refractivity contribution is -0.432. The molecule has 2 saturated carbocycles. The highest BCUT2D eigenvalue weighted by Gasteiger charge is 2.49. The smallest absolute Gasteiger partial charge is 0.432 e. The van der Waals surface area contributed by atoms with E-state index in [9.17, 15) is 39.5 Å². The van der Waals surface area contributed by atoms with Gasteiger partial charge in [0, 0.05) is 0 Å². The number of hydrogen-bond donors (Lipinski definition) is 0. The van der Waals surface area contributed by atoms with Crippen molar-refractivity contribution in [2.45, 2.75) is 83.3 Å². The van der Waals surface area contributed by atoms with Crippen LogP contribution >= 0.6 is 0 Å². The molecule has 0 saturated heterocycles. The molecular formula is C29H31F9O2. The highest BCUT2D eigenvalue weighted by Crippen LogP contribution is 2.46. The summed E-state index contributed by atoms with van der Waals surface area (Å²) in [5, 5.41) is 0. The monoisotopic (exact) mass is 582 g/mol. The Morgan fingerprint density at radius 2 is 1.20 bits per heavy atom. The van der Waals surface area contributed by atoms with Crippen molar-refractivity contribution in [1.29, 1.82) is 0 Å². The van der Waals surface area contributed by atoms with Crippen molar-refractivity contribution in [3.8, 4) is 16.9 Å². The maximum absolute atomic E-state index is 15.0. The molecule has 0 atom stereocenters. The molecule has 2 aromatic carbocycles. The Kier molecular flexibility index (Phi) is 9.02. The van der Waals surface area contributed by atoms with E-state index in [1.54, 1.807) is 0 Å². The van der Waals surface area contributed by atoms with E-state index in [1.165, 1.54) is 31.4 Å². The van der Waals surface area contributed by atoms with E-state index in [0.29, 0.717) is 36.8 Å². The van der Waals surface area contributed by atoms with Crippen molar-refractivity contribution < 1.29 is 49.0 Å². The summed E-state index contributed by atoms with van der Waals surface area (Å²) >= 11 is 0. The number of rotatable bonds is 8. The molecule has 0 spiro atoms. The third-order valence-electron chi connectivity index (χ3n) is 8.40. The Morgan fingerprint density at radius 3 is 1.68 bits per heavy atom. The van der Waals surface area contributed by atoms with E-state index in [1.807, 2.05) is 0 Å². The van der Waals surface area contributed by atoms with Crippen LogP contribution in [0.2, 0.25) is 0 Å². The Labute approximate surface area is 226 Å². The largest absolute Gasteiger partial charge is 0.527 e. The Balaban J connectivity index is 1.38. The molecule has 0 heterocycles. The van der Waals surface area contributed by atoms with Crippen LogP contribution in [0.25, 0.3) is 11.1 Å². The summed E-state index contributed by atoms with van der Waals surface area (Å²) in [6, 6.07) is 5.48. The number of hydrogen-bond acceptors (Lipinski definition) is 2. The van der Waals surface area contributed by atoms with Crippen LogP contribution in [0.15, 0.2) is 36.4 Å². The molecular weight excluding hydrogens is 551 g/mol. The van der Waals surface area contributed by atoms with Crippen LogP contribution in [-0.2, 0) is 10.8 Å². The summed E-state index contributed by atoms with van der Waals surface area (Å²) in [6.45, 7) is 2.20. The molecule has 2 aliphatic rings. The first-order chi connectivity index (χ1) is 18.7. The minimum Gasteiger partial charge on any atom is -0.432 e. The average Bonchev–Trinajstić information content (AvgIpc) is 2.87. The van der Waals surface area contributed by atoms with Gasteiger partial charge in [0.25, 0.3) is 0 Å². The van der Waals surface area contributed by atoms with Crippen LogP contribution in [0, 0.1) is 35.3 Å². The zero-order valence-corrected chi connectivity index (χ0v) is 21.9. The van der Waals surface area contributed by atoms with Gasteiger partial charge in [0.15, 0.2) is 0 Å². The minimum atomic E-state index is -5.84. The lowest BCUT2D eigenvalue weighted by Gasteiger charge is -2.39. The summed E-state index contributed by atoms with van der Waals surface area (Å²) in [5.74, 6) is -3.26. The van der Waals surface area contributed by atoms with Gasteiger partial charge in [-0.3, -0.25) is 0 Å². The zero-order valence-electron chi connectivity index (χ0n) is 21.9. The quantitative estimate of drug-likeness (QED) is 0.289. The normalized spacial score (nSPS) is 24.6. The van der Waals surface area contributed by atoms with Gasteiger partial charge in [0.1, 0.15) is 22.9 Å². The van der Waals surface area contributed by atoms with E-state index in [-0.39, 0.29) is 16.9 Å². The first-order valence-electron chi connectivity index (χ1n) is 13.5. The van der Waals surface area contributed by atoms with E-state index < -0.39 is 41.7 Å². The molecule has 222 valence electrons. The lowest BCUT2D eigenvalue weighted by atomic mass is 9.69. The molecule has 0 N–H and O–H groups in total. The first kappa shape index (κ1) is 30.5. The Bertz CT molecular complexity index is 1110. The van der Waals surface area contributed by atoms with E-state index in [2.05, 4.69) is 11.7 Å². The third-order valence-corrected chi connectivity index (χ3v) is 8.40. The molecule has 11 heteroatoms. The van der Waals surface area contributed by atoms with Crippen LogP contribution in [-0.4, -0.2) is 12.5 Å². The van der Waals surface area contributed by atoms with Crippen molar-refractivity contribution in [3.05, 3.63) is 53.6 Å². The van der Waals surface area contributed by atoms with E-state index >= 15 is 0 Å². The van der Waals surface area contributed by atoms with Crippen molar-refractivity contribution in [2.24, 2.45) is 23.7 Å². The van der Waals surface area contributed by atoms with Crippen LogP contribution in [0.3, 0.4) is 0 Å². The summed E-state index contributed by atoms with van der Waals surface area (Å²) < 4.78 is 130. The summed E-state index contributed by atoms with van der Waals surface area (Å²) in [5.41, 5.74) is -2.46. The fourth-order valence-electron chi connectivity index (χ4n) is 6.16. The Morgan fingerprint density at radius 1 is 0.700 bits per heavy atom. The third kappa shape index (κ3) is 7.25. The molecule has 0 aromatic heterocycles. The van der Waals surface area contributed by atoms with Gasteiger partial charge in [0.05, 0.1) is 5.92 Å². The maximum Gasteiger partial charge on any atom is 0.527 e. The maximum atomic E-state index is 15.0. The van der Waals surface area contributed by atoms with E-state index in [4.69, 9.17) is 4.74 Å². The average molecular weight is 583 g/mol. The topological polar surface area (TPSA) is 18.5 Å². The van der Waals surface area contributed by atoms with Gasteiger partial charge in [-0.05, 0) is 91.7 Å². The predicted octanol–water partition coefficient (Wildman–Crippen LogP) is 10.2. The van der Waals surface area contributed by atoms with Gasteiger partial charge >= 0.3 is 18.6 Å². The summed E-state index contributed by atoms with van der Waals surface area (Å²) in [7, 11) is 0. The Hall–Kier alpha value is -2.43. The molecule has 2 nitrogen and oxygen atoms in total. The number of halogens is 9. The number of alkyl halides is 7. The van der Waals surface area contributed by atoms with Gasteiger partial charge in [-0.2, -0.15) is 17.6 Å². The molecule has 2 fully saturated rings. The van der Waals surface area contributed by atoms with Crippen molar-refractivity contribution in [1.82, 2.24) is 0 Å². The number of ether oxygens (including phenoxy) is 2. The van der Waals surface area contributed by atoms with Crippen molar-refractivity contribution >= 4 is 0 Å². The van der Waals surface area contributed by atoms with Gasteiger partial charge in [-0.1, -0.05) is 38.3 Å². The van der Waals surface area contributed by atoms with Crippen LogP contribution in [0.1, 0.15) is 70.3 Å². The SMILES string of the molecule is CCC1CCC(C2CCC(C(F)(F)Oc3ccc(-c4cc(F)c(C(F)(F)OC(F)(F)F)c(F)c4)cc3)CC2)CC1. The van der Waals surface area contributed by atoms with Gasteiger partial charge in [0.2, 0.25) is 0 Å². The second kappa shape index (κ2) is 11.8. The second-order valence-corrected chi connectivity index (χ2v) is 10.9. The van der Waals surface area contributed by atoms with Crippen LogP contribution in [0.4, 0.5) is 39.5 Å². The molecule has 4 rings (SSSR count). The summed E-state index contributed by atoms with van der Waals surface area (Å²) in [6.07, 6.45) is -6.52. The highest BCUT2D eigenvalue weighted by molar-refractivity contribution is 5.65. The fraction of sp³-hybridized carbons (Fsp3) is 0.586. The van der Waals surface area contributed by atoms with Gasteiger partial charge in [-0.25, -0.2) is 13.5 Å². The molecule has 0 amide bonds. The summed E-state index contributed by atoms with van der Waals surface area (Å²) in [4.78, 5) is 0. The van der Waals surface area contributed by atoms with Crippen LogP contribution in [0.5, 0.6) is 5.75 Å². The molecule has 40 heavy (non-hydrogen) atoms. The zero-order chi connectivity index (χ0) is 29.3. The molecule has 0 unspecified atom stereocenters. The lowest BCUT2D eigenvalue weighted by Crippen LogP contribution is -2.38. The number of benzene rings is 2. The van der Waals surface area contributed by atoms with Crippen LogP contribution < -0.4 is 4.74 Å². The molecule has 2 aromatic rings. The van der Waals surface area contributed by atoms with Crippen molar-refractivity contribution in [2.75, 3.05) is 0 Å². The minimum absolute atomic E-state index is 0.0402. The van der Waals surface area contributed by atoms with Crippen molar-refractivity contribution in [3.63, 3.8) is 0 Å². The van der Waals surface area contributed by atoms with E-state index in [0.717, 1.165) is 43.7 Å². The highest BCUT2D eigenvalue weighted by atomic mass is 19.4. The predicted molar refractivity (Wildman–Crippen MR) is 130 cm³/mol. The molecule has 0 radical (unpaired) electrons. The second-order valence-electron chi connectivity index (χ2n) is 10.9. The van der Waals surface area contributed by atoms with Gasteiger partial charge in [-0.15, -0.1) is 13.2 Å². The molecule has 2 aliphatic carbocycles. The molecule has 0 bridgehead atoms. The standard InChI is InChI=1S/C29H31F9O2/c1-2-17-3-5-18(6-4-17)19-7-11-22(12-8-19)27(32,33)39-23-13-9-20(10-14-23)21-15-24(30)26(25(31)16-21)28(34,35)40-29(36,37)38/h9-10,13-19,22H,2-8,11-12H2,1H3. The molecule has 0 aliphatic heterocycles. The van der Waals surface area contributed by atoms with Gasteiger partial charge < -0.3 is 4.74 Å². The fourth-order valence-corrected chi connectivity index (χ4v) is 6.16.